The Morgan fingerprint density at radius 2 is 1.83 bits per heavy atom. The average molecular weight is 393 g/mol. The summed E-state index contributed by atoms with van der Waals surface area (Å²) in [5, 5.41) is 3.79. The van der Waals surface area contributed by atoms with Crippen LogP contribution in [0.25, 0.3) is 10.9 Å². The lowest BCUT2D eigenvalue weighted by Gasteiger charge is -2.26. The van der Waals surface area contributed by atoms with Gasteiger partial charge in [-0.3, -0.25) is 14.5 Å². The van der Waals surface area contributed by atoms with Gasteiger partial charge in [-0.1, -0.05) is 25.1 Å². The Kier molecular flexibility index (Phi) is 6.34. The molecule has 1 aromatic heterocycles. The van der Waals surface area contributed by atoms with Gasteiger partial charge < -0.3 is 15.0 Å². The number of aromatic nitrogens is 1. The number of methoxy groups -OCH3 is 1. The molecular weight excluding hydrogens is 366 g/mol. The third-order valence-corrected chi connectivity index (χ3v) is 5.19. The first-order valence-corrected chi connectivity index (χ1v) is 9.74. The van der Waals surface area contributed by atoms with E-state index in [1.807, 2.05) is 49.9 Å². The van der Waals surface area contributed by atoms with Gasteiger partial charge in [-0.2, -0.15) is 0 Å². The number of aryl methyl sites for hydroxylation is 1. The maximum atomic E-state index is 13.2. The number of nitrogens with zero attached hydrogens (tertiary/aromatic N) is 1. The van der Waals surface area contributed by atoms with Crippen molar-refractivity contribution in [3.05, 3.63) is 59.8 Å². The number of likely N-dealkylation sites (N-methyl/N-ethyl adjacent to an activating group) is 1. The highest BCUT2D eigenvalue weighted by molar-refractivity contribution is 6.11. The number of ether oxygens (including phenoxy) is 1. The number of hydrogen-bond donors (Lipinski definition) is 2. The fraction of sp³-hybridized carbons (Fsp3) is 0.304. The van der Waals surface area contributed by atoms with Crippen LogP contribution < -0.4 is 10.1 Å². The van der Waals surface area contributed by atoms with Crippen LogP contribution >= 0.6 is 0 Å². The minimum atomic E-state index is -0.417. The molecule has 1 amide bonds. The summed E-state index contributed by atoms with van der Waals surface area (Å²) in [4.78, 5) is 30.9. The number of hydrogen-bond acceptors (Lipinski definition) is 4. The molecule has 0 spiro atoms. The highest BCUT2D eigenvalue weighted by Gasteiger charge is 2.26. The topological polar surface area (TPSA) is 74.4 Å². The summed E-state index contributed by atoms with van der Waals surface area (Å²) in [5.41, 5.74) is 3.18. The fourth-order valence-electron chi connectivity index (χ4n) is 3.55. The number of rotatable bonds is 8. The Balaban J connectivity index is 1.72. The number of Topliss-reactive ketones (excluding diaryl/α,β-unsaturated/α-hetero) is 1. The van der Waals surface area contributed by atoms with Gasteiger partial charge in [0, 0.05) is 27.8 Å². The van der Waals surface area contributed by atoms with E-state index in [0.29, 0.717) is 17.8 Å². The van der Waals surface area contributed by atoms with E-state index in [2.05, 4.69) is 10.3 Å². The molecule has 0 fully saturated rings. The normalized spacial score (nSPS) is 12.2. The van der Waals surface area contributed by atoms with Crippen LogP contribution in [0.5, 0.6) is 5.75 Å². The van der Waals surface area contributed by atoms with Gasteiger partial charge in [0.25, 0.3) is 0 Å². The number of H-pyrrole nitrogens is 1. The summed E-state index contributed by atoms with van der Waals surface area (Å²) >= 11 is 0. The monoisotopic (exact) mass is 393 g/mol. The molecule has 1 heterocycles. The second kappa shape index (κ2) is 8.92. The van der Waals surface area contributed by atoms with Crippen LogP contribution in [-0.4, -0.2) is 47.8 Å². The van der Waals surface area contributed by atoms with Crippen LogP contribution in [0.4, 0.5) is 5.69 Å². The molecule has 0 bridgehead atoms. The van der Waals surface area contributed by atoms with Crippen molar-refractivity contribution in [2.24, 2.45) is 0 Å². The third-order valence-electron chi connectivity index (χ3n) is 5.19. The predicted octanol–water partition coefficient (Wildman–Crippen LogP) is 4.02. The number of aromatic amines is 1. The van der Waals surface area contributed by atoms with E-state index in [-0.39, 0.29) is 18.2 Å². The summed E-state index contributed by atoms with van der Waals surface area (Å²) in [6, 6.07) is 14.5. The second-order valence-electron chi connectivity index (χ2n) is 7.05. The van der Waals surface area contributed by atoms with Gasteiger partial charge in [0.1, 0.15) is 5.75 Å². The number of anilines is 1. The molecule has 29 heavy (non-hydrogen) atoms. The van der Waals surface area contributed by atoms with Crippen molar-refractivity contribution in [1.29, 1.82) is 0 Å². The molecule has 3 aromatic rings. The van der Waals surface area contributed by atoms with E-state index in [0.717, 1.165) is 22.3 Å². The van der Waals surface area contributed by atoms with E-state index in [4.69, 9.17) is 4.74 Å². The zero-order valence-corrected chi connectivity index (χ0v) is 17.3. The number of benzene rings is 2. The summed E-state index contributed by atoms with van der Waals surface area (Å²) < 4.78 is 5.13. The molecule has 0 aliphatic heterocycles. The van der Waals surface area contributed by atoms with Crippen LogP contribution in [0.3, 0.4) is 0 Å². The molecule has 6 heteroatoms. The van der Waals surface area contributed by atoms with Crippen LogP contribution in [0.2, 0.25) is 0 Å². The Morgan fingerprint density at radius 3 is 2.48 bits per heavy atom. The Morgan fingerprint density at radius 1 is 1.14 bits per heavy atom. The molecule has 1 atom stereocenters. The number of carbonyl (C=O) groups is 2. The van der Waals surface area contributed by atoms with Crippen LogP contribution in [0, 0.1) is 6.92 Å². The first-order chi connectivity index (χ1) is 13.9. The van der Waals surface area contributed by atoms with Gasteiger partial charge in [0.15, 0.2) is 5.78 Å². The van der Waals surface area contributed by atoms with Crippen molar-refractivity contribution in [1.82, 2.24) is 9.88 Å². The van der Waals surface area contributed by atoms with Crippen molar-refractivity contribution in [3.8, 4) is 5.75 Å². The molecule has 2 N–H and O–H groups in total. The van der Waals surface area contributed by atoms with Gasteiger partial charge in [0.05, 0.1) is 19.7 Å². The molecule has 0 saturated carbocycles. The van der Waals surface area contributed by atoms with E-state index in [9.17, 15) is 9.59 Å². The van der Waals surface area contributed by atoms with E-state index < -0.39 is 6.04 Å². The predicted molar refractivity (Wildman–Crippen MR) is 116 cm³/mol. The van der Waals surface area contributed by atoms with E-state index >= 15 is 0 Å². The second-order valence-corrected chi connectivity index (χ2v) is 7.05. The SMILES string of the molecule is CCN(CC(=O)Nc1ccc(OC)cc1)[C@@H](C)C(=O)c1c(C)[nH]c2ccccc12. The van der Waals surface area contributed by atoms with Crippen LogP contribution in [0.15, 0.2) is 48.5 Å². The molecule has 6 nitrogen and oxygen atoms in total. The quantitative estimate of drug-likeness (QED) is 0.567. The highest BCUT2D eigenvalue weighted by atomic mass is 16.5. The minimum Gasteiger partial charge on any atom is -0.497 e. The fourth-order valence-corrected chi connectivity index (χ4v) is 3.55. The summed E-state index contributed by atoms with van der Waals surface area (Å²) in [5.74, 6) is 0.581. The Bertz CT molecular complexity index is 1010. The maximum Gasteiger partial charge on any atom is 0.238 e. The third kappa shape index (κ3) is 4.49. The average Bonchev–Trinajstić information content (AvgIpc) is 3.07. The summed E-state index contributed by atoms with van der Waals surface area (Å²) in [6.45, 7) is 6.44. The minimum absolute atomic E-state index is 0.0130. The molecule has 0 aliphatic rings. The number of ketones is 1. The van der Waals surface area contributed by atoms with Crippen molar-refractivity contribution in [3.63, 3.8) is 0 Å². The molecule has 0 radical (unpaired) electrons. The Labute approximate surface area is 170 Å². The van der Waals surface area contributed by atoms with Gasteiger partial charge in [-0.25, -0.2) is 0 Å². The number of para-hydroxylation sites is 1. The number of carbonyl (C=O) groups excluding carboxylic acids is 2. The Hall–Kier alpha value is -3.12. The molecule has 152 valence electrons. The lowest BCUT2D eigenvalue weighted by Crippen LogP contribution is -2.43. The van der Waals surface area contributed by atoms with Crippen LogP contribution in [0.1, 0.15) is 29.9 Å². The highest BCUT2D eigenvalue weighted by Crippen LogP contribution is 2.24. The first-order valence-electron chi connectivity index (χ1n) is 9.74. The molecule has 0 saturated heterocycles. The molecular formula is C23H27N3O3. The zero-order valence-electron chi connectivity index (χ0n) is 17.3. The molecule has 0 aliphatic carbocycles. The summed E-state index contributed by atoms with van der Waals surface area (Å²) in [7, 11) is 1.60. The van der Waals surface area contributed by atoms with Crippen molar-refractivity contribution < 1.29 is 14.3 Å². The zero-order chi connectivity index (χ0) is 21.0. The lowest BCUT2D eigenvalue weighted by molar-refractivity contribution is -0.117. The number of fused-ring (bicyclic) bond motifs is 1. The van der Waals surface area contributed by atoms with Crippen LogP contribution in [-0.2, 0) is 4.79 Å². The summed E-state index contributed by atoms with van der Waals surface area (Å²) in [6.07, 6.45) is 0. The van der Waals surface area contributed by atoms with Crippen molar-refractivity contribution in [2.45, 2.75) is 26.8 Å². The smallest absolute Gasteiger partial charge is 0.238 e. The molecule has 0 unspecified atom stereocenters. The largest absolute Gasteiger partial charge is 0.497 e. The van der Waals surface area contributed by atoms with E-state index in [1.54, 1.807) is 31.4 Å². The first kappa shape index (κ1) is 20.6. The van der Waals surface area contributed by atoms with Gasteiger partial charge in [0.2, 0.25) is 5.91 Å². The lowest BCUT2D eigenvalue weighted by atomic mass is 10.0. The standard InChI is InChI=1S/C23H27N3O3/c1-5-26(14-21(27)25-17-10-12-18(29-4)13-11-17)16(3)23(28)22-15(2)24-20-9-7-6-8-19(20)22/h6-13,16,24H,5,14H2,1-4H3,(H,25,27)/t16-/m0/s1. The number of amides is 1. The molecule has 2 aromatic carbocycles. The maximum absolute atomic E-state index is 13.2. The van der Waals surface area contributed by atoms with Crippen molar-refractivity contribution in [2.75, 3.05) is 25.5 Å². The molecule has 3 rings (SSSR count). The van der Waals surface area contributed by atoms with Gasteiger partial charge >= 0.3 is 0 Å². The van der Waals surface area contributed by atoms with Gasteiger partial charge in [-0.05, 0) is 50.7 Å². The van der Waals surface area contributed by atoms with E-state index in [1.165, 1.54) is 0 Å². The number of nitrogens with one attached hydrogen (secondary N) is 2. The van der Waals surface area contributed by atoms with Gasteiger partial charge in [-0.15, -0.1) is 0 Å². The van der Waals surface area contributed by atoms with Crippen molar-refractivity contribution >= 4 is 28.3 Å².